The number of carbonyl (C=O) groups is 2. The fraction of sp³-hybridized carbons (Fsp3) is 0.583. The first-order valence-corrected chi connectivity index (χ1v) is 10.8. The van der Waals surface area contributed by atoms with Crippen molar-refractivity contribution in [3.05, 3.63) is 41.0 Å². The predicted octanol–water partition coefficient (Wildman–Crippen LogP) is 5.89. The van der Waals surface area contributed by atoms with Gasteiger partial charge in [-0.2, -0.15) is 0 Å². The van der Waals surface area contributed by atoms with Crippen molar-refractivity contribution in [2.24, 2.45) is 17.8 Å². The van der Waals surface area contributed by atoms with Crippen LogP contribution in [0, 0.1) is 17.8 Å². The molecule has 27 heavy (non-hydrogen) atoms. The molecule has 1 N–H and O–H groups in total. The summed E-state index contributed by atoms with van der Waals surface area (Å²) in [4.78, 5) is 24.7. The van der Waals surface area contributed by atoms with E-state index in [0.29, 0.717) is 23.1 Å². The zero-order chi connectivity index (χ0) is 18.8. The van der Waals surface area contributed by atoms with Crippen LogP contribution in [-0.4, -0.2) is 16.7 Å². The van der Waals surface area contributed by atoms with Crippen LogP contribution < -0.4 is 0 Å². The number of benzene rings is 1. The van der Waals surface area contributed by atoms with Gasteiger partial charge in [-0.15, -0.1) is 0 Å². The lowest BCUT2D eigenvalue weighted by molar-refractivity contribution is -0.112. The van der Waals surface area contributed by atoms with E-state index >= 15 is 0 Å². The largest absolute Gasteiger partial charge is 0.507 e. The van der Waals surface area contributed by atoms with Gasteiger partial charge in [-0.05, 0) is 43.4 Å². The molecule has 3 aliphatic carbocycles. The number of unbranched alkanes of at least 4 members (excludes halogenated alkanes) is 1. The van der Waals surface area contributed by atoms with Crippen LogP contribution in [0.3, 0.4) is 0 Å². The monoisotopic (exact) mass is 366 g/mol. The van der Waals surface area contributed by atoms with Gasteiger partial charge in [-0.25, -0.2) is 0 Å². The van der Waals surface area contributed by atoms with E-state index in [4.69, 9.17) is 0 Å². The highest BCUT2D eigenvalue weighted by atomic mass is 16.3. The molecular weight excluding hydrogens is 336 g/mol. The van der Waals surface area contributed by atoms with Crippen LogP contribution in [-0.2, 0) is 4.79 Å². The lowest BCUT2D eigenvalue weighted by atomic mass is 9.67. The molecule has 0 amide bonds. The van der Waals surface area contributed by atoms with E-state index in [-0.39, 0.29) is 5.76 Å². The minimum atomic E-state index is -0.520. The summed E-state index contributed by atoms with van der Waals surface area (Å²) in [6.07, 6.45) is 13.5. The maximum atomic E-state index is 12.4. The van der Waals surface area contributed by atoms with Crippen LogP contribution in [0.1, 0.15) is 86.6 Å². The minimum absolute atomic E-state index is 0.0120. The normalized spacial score (nSPS) is 28.1. The summed E-state index contributed by atoms with van der Waals surface area (Å²) in [7, 11) is 0. The maximum absolute atomic E-state index is 12.4. The van der Waals surface area contributed by atoms with Crippen LogP contribution in [0.4, 0.5) is 0 Å². The van der Waals surface area contributed by atoms with Gasteiger partial charge in [0.15, 0.2) is 0 Å². The fourth-order valence-corrected chi connectivity index (χ4v) is 5.62. The van der Waals surface area contributed by atoms with Crippen LogP contribution in [0.5, 0.6) is 0 Å². The molecule has 3 atom stereocenters. The van der Waals surface area contributed by atoms with Crippen LogP contribution in [0.25, 0.3) is 5.76 Å². The third-order valence-electron chi connectivity index (χ3n) is 7.13. The Kier molecular flexibility index (Phi) is 5.47. The first-order chi connectivity index (χ1) is 13.1. The number of hydrogen-bond acceptors (Lipinski definition) is 3. The van der Waals surface area contributed by atoms with E-state index in [1.165, 1.54) is 51.4 Å². The zero-order valence-electron chi connectivity index (χ0n) is 16.1. The Labute approximate surface area is 161 Å². The molecule has 0 aliphatic heterocycles. The van der Waals surface area contributed by atoms with Crippen molar-refractivity contribution in [1.82, 2.24) is 0 Å². The van der Waals surface area contributed by atoms with Crippen LogP contribution in [0.15, 0.2) is 29.8 Å². The molecule has 0 bridgehead atoms. The molecule has 3 aliphatic rings. The molecule has 1 aromatic carbocycles. The molecule has 1 aromatic rings. The van der Waals surface area contributed by atoms with Crippen LogP contribution in [0.2, 0.25) is 0 Å². The average molecular weight is 367 g/mol. The van der Waals surface area contributed by atoms with Crippen molar-refractivity contribution in [2.45, 2.75) is 70.6 Å². The third-order valence-corrected chi connectivity index (χ3v) is 7.13. The molecule has 3 nitrogen and oxygen atoms in total. The second-order valence-electron chi connectivity index (χ2n) is 8.76. The Morgan fingerprint density at radius 2 is 1.59 bits per heavy atom. The number of aliphatic hydroxyl groups excluding tert-OH is 1. The van der Waals surface area contributed by atoms with Crippen LogP contribution >= 0.6 is 0 Å². The first-order valence-electron chi connectivity index (χ1n) is 10.8. The summed E-state index contributed by atoms with van der Waals surface area (Å²) < 4.78 is 0. The second kappa shape index (κ2) is 8.00. The van der Waals surface area contributed by atoms with E-state index in [1.807, 2.05) is 0 Å². The van der Waals surface area contributed by atoms with Gasteiger partial charge in [-0.3, -0.25) is 9.59 Å². The topological polar surface area (TPSA) is 54.4 Å². The Bertz CT molecular complexity index is 761. The molecule has 0 heterocycles. The number of hydrogen-bond donors (Lipinski definition) is 1. The molecule has 4 rings (SSSR count). The van der Waals surface area contributed by atoms with E-state index < -0.39 is 11.6 Å². The summed E-state index contributed by atoms with van der Waals surface area (Å²) in [5.74, 6) is 1.79. The summed E-state index contributed by atoms with van der Waals surface area (Å²) in [6, 6.07) is 6.85. The molecule has 0 radical (unpaired) electrons. The molecule has 0 unspecified atom stereocenters. The van der Waals surface area contributed by atoms with E-state index in [1.54, 1.807) is 24.3 Å². The minimum Gasteiger partial charge on any atom is -0.507 e. The first kappa shape index (κ1) is 18.5. The van der Waals surface area contributed by atoms with Gasteiger partial charge in [0.2, 0.25) is 11.6 Å². The molecule has 3 heteroatoms. The quantitative estimate of drug-likeness (QED) is 0.522. The van der Waals surface area contributed by atoms with Gasteiger partial charge >= 0.3 is 0 Å². The Morgan fingerprint density at radius 1 is 0.852 bits per heavy atom. The lowest BCUT2D eigenvalue weighted by Gasteiger charge is -2.39. The molecule has 2 saturated carbocycles. The highest BCUT2D eigenvalue weighted by molar-refractivity contribution is 6.52. The van der Waals surface area contributed by atoms with Crippen molar-refractivity contribution in [3.8, 4) is 0 Å². The molecule has 0 saturated heterocycles. The smallest absolute Gasteiger partial charge is 0.234 e. The lowest BCUT2D eigenvalue weighted by Crippen LogP contribution is -2.27. The van der Waals surface area contributed by atoms with Crippen molar-refractivity contribution in [1.29, 1.82) is 0 Å². The number of aliphatic hydroxyl groups is 1. The Morgan fingerprint density at radius 3 is 2.41 bits per heavy atom. The van der Waals surface area contributed by atoms with Crippen molar-refractivity contribution >= 4 is 17.3 Å². The number of fused-ring (bicyclic) bond motifs is 2. The average Bonchev–Trinajstić information content (AvgIpc) is 2.71. The van der Waals surface area contributed by atoms with Gasteiger partial charge in [-0.1, -0.05) is 69.2 Å². The highest BCUT2D eigenvalue weighted by Crippen LogP contribution is 2.44. The van der Waals surface area contributed by atoms with E-state index in [0.717, 1.165) is 30.6 Å². The Balaban J connectivity index is 1.31. The summed E-state index contributed by atoms with van der Waals surface area (Å²) in [5.41, 5.74) is 1.15. The number of ketones is 2. The highest BCUT2D eigenvalue weighted by Gasteiger charge is 2.33. The van der Waals surface area contributed by atoms with Gasteiger partial charge < -0.3 is 5.11 Å². The number of Topliss-reactive ketones (excluding diaryl/α,β-unsaturated/α-hetero) is 2. The zero-order valence-corrected chi connectivity index (χ0v) is 16.1. The van der Waals surface area contributed by atoms with Crippen molar-refractivity contribution in [2.75, 3.05) is 0 Å². The third kappa shape index (κ3) is 3.74. The molecule has 144 valence electrons. The number of allylic oxidation sites excluding steroid dienone is 1. The number of carbonyl (C=O) groups excluding carboxylic acids is 2. The van der Waals surface area contributed by atoms with E-state index in [9.17, 15) is 14.7 Å². The molecule has 0 spiro atoms. The predicted molar refractivity (Wildman–Crippen MR) is 107 cm³/mol. The second-order valence-corrected chi connectivity index (χ2v) is 8.76. The maximum Gasteiger partial charge on any atom is 0.234 e. The van der Waals surface area contributed by atoms with Crippen molar-refractivity contribution in [3.63, 3.8) is 0 Å². The van der Waals surface area contributed by atoms with Gasteiger partial charge in [0.25, 0.3) is 0 Å². The summed E-state index contributed by atoms with van der Waals surface area (Å²) in [6.45, 7) is 0. The van der Waals surface area contributed by atoms with Gasteiger partial charge in [0.05, 0.1) is 0 Å². The molecule has 2 fully saturated rings. The standard InChI is InChI=1S/C24H30O3/c25-22-19-10-5-6-11-20(19)23(26)24(27)21(22)12-4-1-7-16-13-14-17-8-2-3-9-18(17)15-16/h5-6,10-11,16-18,25H,1-4,7-9,12-15H2/t16-,17+,18-/m1/s1. The SMILES string of the molecule is O=C1C(=O)c2ccccc2C(O)=C1CCCC[C@@H]1CC[C@@H]2CCCC[C@@H]2C1. The van der Waals surface area contributed by atoms with Crippen molar-refractivity contribution < 1.29 is 14.7 Å². The van der Waals surface area contributed by atoms with Gasteiger partial charge in [0.1, 0.15) is 5.76 Å². The molecular formula is C24H30O3. The van der Waals surface area contributed by atoms with Gasteiger partial charge in [0, 0.05) is 16.7 Å². The fourth-order valence-electron chi connectivity index (χ4n) is 5.62. The summed E-state index contributed by atoms with van der Waals surface area (Å²) in [5, 5.41) is 10.5. The number of rotatable bonds is 5. The Hall–Kier alpha value is -1.90. The summed E-state index contributed by atoms with van der Waals surface area (Å²) >= 11 is 0. The molecule has 0 aromatic heterocycles. The van der Waals surface area contributed by atoms with E-state index in [2.05, 4.69) is 0 Å².